The highest BCUT2D eigenvalue weighted by atomic mass is 16.5. The molecule has 1 aromatic heterocycles. The minimum Gasteiger partial charge on any atom is -0.380 e. The van der Waals surface area contributed by atoms with E-state index >= 15 is 0 Å². The van der Waals surface area contributed by atoms with Crippen molar-refractivity contribution in [1.29, 1.82) is 0 Å². The van der Waals surface area contributed by atoms with Crippen LogP contribution in [-0.4, -0.2) is 36.3 Å². The predicted molar refractivity (Wildman–Crippen MR) is 57.7 cm³/mol. The molecule has 0 aliphatic carbocycles. The molecule has 0 saturated carbocycles. The first-order chi connectivity index (χ1) is 7.34. The van der Waals surface area contributed by atoms with Crippen LogP contribution in [0.3, 0.4) is 0 Å². The fraction of sp³-hybridized carbons (Fsp3) is 0.636. The molecule has 0 amide bonds. The third kappa shape index (κ3) is 3.25. The summed E-state index contributed by atoms with van der Waals surface area (Å²) in [5.41, 5.74) is 2.02. The van der Waals surface area contributed by atoms with Gasteiger partial charge in [-0.1, -0.05) is 0 Å². The Bertz CT molecular complexity index is 291. The lowest BCUT2D eigenvalue weighted by Gasteiger charge is -2.12. The molecule has 1 unspecified atom stereocenters. The zero-order valence-corrected chi connectivity index (χ0v) is 9.07. The van der Waals surface area contributed by atoms with E-state index in [1.165, 1.54) is 0 Å². The quantitative estimate of drug-likeness (QED) is 0.770. The van der Waals surface area contributed by atoms with Crippen LogP contribution in [0.4, 0.5) is 0 Å². The second-order valence-electron chi connectivity index (χ2n) is 4.00. The van der Waals surface area contributed by atoms with E-state index in [1.54, 1.807) is 0 Å². The minimum absolute atomic E-state index is 0.518. The topological polar surface area (TPSA) is 47.0 Å². The second-order valence-corrected chi connectivity index (χ2v) is 4.00. The van der Waals surface area contributed by atoms with Gasteiger partial charge in [0.25, 0.3) is 0 Å². The normalized spacial score (nSPS) is 22.3. The van der Waals surface area contributed by atoms with Crippen molar-refractivity contribution in [1.82, 2.24) is 15.3 Å². The first-order valence-electron chi connectivity index (χ1n) is 5.40. The number of hydrogen-bond donors (Lipinski definition) is 1. The maximum absolute atomic E-state index is 5.49. The lowest BCUT2D eigenvalue weighted by atomic mass is 10.0. The second kappa shape index (κ2) is 5.19. The molecular formula is C11H17N3O. The molecule has 2 rings (SSSR count). The first-order valence-corrected chi connectivity index (χ1v) is 5.40. The lowest BCUT2D eigenvalue weighted by Crippen LogP contribution is -2.24. The zero-order chi connectivity index (χ0) is 10.5. The Labute approximate surface area is 90.1 Å². The van der Waals surface area contributed by atoms with Crippen molar-refractivity contribution in [2.45, 2.75) is 13.3 Å². The summed E-state index contributed by atoms with van der Waals surface area (Å²) in [6.07, 6.45) is 4.63. The summed E-state index contributed by atoms with van der Waals surface area (Å²) in [5.74, 6) is 0.518. The van der Waals surface area contributed by atoms with Crippen LogP contribution in [0.25, 0.3) is 0 Å². The van der Waals surface area contributed by atoms with Crippen LogP contribution in [0.5, 0.6) is 0 Å². The molecule has 82 valence electrons. The monoisotopic (exact) mass is 207 g/mol. The average Bonchev–Trinajstić information content (AvgIpc) is 2.50. The van der Waals surface area contributed by atoms with Crippen LogP contribution in [0, 0.1) is 12.8 Å². The highest BCUT2D eigenvalue weighted by Crippen LogP contribution is 2.07. The Morgan fingerprint density at radius 1 is 1.47 bits per heavy atom. The fourth-order valence-electron chi connectivity index (χ4n) is 1.71. The van der Waals surface area contributed by atoms with Crippen LogP contribution >= 0.6 is 0 Å². The van der Waals surface area contributed by atoms with Gasteiger partial charge < -0.3 is 10.1 Å². The molecule has 15 heavy (non-hydrogen) atoms. The van der Waals surface area contributed by atoms with Crippen LogP contribution in [0.1, 0.15) is 11.4 Å². The fourth-order valence-corrected chi connectivity index (χ4v) is 1.71. The molecule has 0 aromatic carbocycles. The van der Waals surface area contributed by atoms with E-state index in [0.29, 0.717) is 5.92 Å². The van der Waals surface area contributed by atoms with E-state index in [4.69, 9.17) is 4.74 Å². The molecule has 1 N–H and O–H groups in total. The summed E-state index contributed by atoms with van der Waals surface area (Å²) in [6.45, 7) is 5.55. The Hall–Kier alpha value is -1.00. The average molecular weight is 207 g/mol. The van der Waals surface area contributed by atoms with Crippen molar-refractivity contribution in [2.75, 3.05) is 26.3 Å². The standard InChI is InChI=1S/C11H17N3O/c1-9-5-14-11(7-13-9)4-10-6-12-2-3-15-8-10/h5,7,10,12H,2-4,6,8H2,1H3. The Balaban J connectivity index is 1.92. The highest BCUT2D eigenvalue weighted by Gasteiger charge is 2.13. The number of nitrogens with zero attached hydrogens (tertiary/aromatic N) is 2. The van der Waals surface area contributed by atoms with Gasteiger partial charge in [0, 0.05) is 31.4 Å². The summed E-state index contributed by atoms with van der Waals surface area (Å²) >= 11 is 0. The lowest BCUT2D eigenvalue weighted by molar-refractivity contribution is 0.123. The van der Waals surface area contributed by atoms with Gasteiger partial charge in [0.1, 0.15) is 0 Å². The SMILES string of the molecule is Cc1cnc(CC2CNCCOC2)cn1. The molecule has 1 atom stereocenters. The van der Waals surface area contributed by atoms with Gasteiger partial charge >= 0.3 is 0 Å². The van der Waals surface area contributed by atoms with Gasteiger partial charge in [0.2, 0.25) is 0 Å². The van der Waals surface area contributed by atoms with E-state index in [2.05, 4.69) is 15.3 Å². The molecule has 0 bridgehead atoms. The van der Waals surface area contributed by atoms with Crippen LogP contribution in [0.2, 0.25) is 0 Å². The molecule has 4 nitrogen and oxygen atoms in total. The third-order valence-corrected chi connectivity index (χ3v) is 2.54. The van der Waals surface area contributed by atoms with E-state index in [9.17, 15) is 0 Å². The molecule has 0 spiro atoms. The van der Waals surface area contributed by atoms with Crippen LogP contribution < -0.4 is 5.32 Å². The molecule has 1 aliphatic heterocycles. The zero-order valence-electron chi connectivity index (χ0n) is 9.07. The molecule has 0 radical (unpaired) electrons. The molecule has 1 fully saturated rings. The van der Waals surface area contributed by atoms with Crippen molar-refractivity contribution in [3.63, 3.8) is 0 Å². The molecular weight excluding hydrogens is 190 g/mol. The molecule has 1 aliphatic rings. The largest absolute Gasteiger partial charge is 0.380 e. The van der Waals surface area contributed by atoms with Crippen LogP contribution in [-0.2, 0) is 11.2 Å². The van der Waals surface area contributed by atoms with Crippen molar-refractivity contribution < 1.29 is 4.74 Å². The maximum atomic E-state index is 5.49. The highest BCUT2D eigenvalue weighted by molar-refractivity contribution is 5.01. The Kier molecular flexibility index (Phi) is 3.64. The van der Waals surface area contributed by atoms with E-state index in [-0.39, 0.29) is 0 Å². The predicted octanol–water partition coefficient (Wildman–Crippen LogP) is 0.564. The van der Waals surface area contributed by atoms with E-state index in [1.807, 2.05) is 19.3 Å². The van der Waals surface area contributed by atoms with Crippen molar-refractivity contribution in [2.24, 2.45) is 5.92 Å². The number of hydrogen-bond acceptors (Lipinski definition) is 4. The molecule has 1 aromatic rings. The van der Waals surface area contributed by atoms with Gasteiger partial charge in [-0.05, 0) is 13.3 Å². The Morgan fingerprint density at radius 3 is 3.20 bits per heavy atom. The summed E-state index contributed by atoms with van der Waals surface area (Å²) in [4.78, 5) is 8.60. The van der Waals surface area contributed by atoms with Crippen molar-refractivity contribution >= 4 is 0 Å². The summed E-state index contributed by atoms with van der Waals surface area (Å²) in [6, 6.07) is 0. The molecule has 1 saturated heterocycles. The first kappa shape index (κ1) is 10.5. The van der Waals surface area contributed by atoms with Gasteiger partial charge in [-0.2, -0.15) is 0 Å². The summed E-state index contributed by atoms with van der Waals surface area (Å²) in [5, 5.41) is 3.36. The number of aryl methyl sites for hydroxylation is 1. The third-order valence-electron chi connectivity index (χ3n) is 2.54. The van der Waals surface area contributed by atoms with Gasteiger partial charge in [-0.3, -0.25) is 9.97 Å². The Morgan fingerprint density at radius 2 is 2.40 bits per heavy atom. The molecule has 4 heteroatoms. The number of ether oxygens (including phenoxy) is 1. The smallest absolute Gasteiger partial charge is 0.0591 e. The number of nitrogens with one attached hydrogen (secondary N) is 1. The van der Waals surface area contributed by atoms with Gasteiger partial charge in [0.15, 0.2) is 0 Å². The van der Waals surface area contributed by atoms with Crippen LogP contribution in [0.15, 0.2) is 12.4 Å². The van der Waals surface area contributed by atoms with Crippen molar-refractivity contribution in [3.05, 3.63) is 23.8 Å². The van der Waals surface area contributed by atoms with Gasteiger partial charge in [-0.15, -0.1) is 0 Å². The molecule has 2 heterocycles. The number of aromatic nitrogens is 2. The van der Waals surface area contributed by atoms with Gasteiger partial charge in [0.05, 0.1) is 24.6 Å². The maximum Gasteiger partial charge on any atom is 0.0591 e. The van der Waals surface area contributed by atoms with Crippen molar-refractivity contribution in [3.8, 4) is 0 Å². The minimum atomic E-state index is 0.518. The van der Waals surface area contributed by atoms with E-state index in [0.717, 1.165) is 44.1 Å². The summed E-state index contributed by atoms with van der Waals surface area (Å²) < 4.78 is 5.49. The van der Waals surface area contributed by atoms with Gasteiger partial charge in [-0.25, -0.2) is 0 Å². The summed E-state index contributed by atoms with van der Waals surface area (Å²) in [7, 11) is 0. The number of rotatable bonds is 2. The van der Waals surface area contributed by atoms with E-state index < -0.39 is 0 Å².